The molecule has 3 aromatic rings. The molecule has 0 saturated carbocycles. The Balaban J connectivity index is 2.07. The van der Waals surface area contributed by atoms with Crippen molar-refractivity contribution in [2.75, 3.05) is 13.2 Å². The highest BCUT2D eigenvalue weighted by atomic mass is 16.6. The molecule has 0 aliphatic heterocycles. The summed E-state index contributed by atoms with van der Waals surface area (Å²) < 4.78 is 10.3. The Kier molecular flexibility index (Phi) is 4.05. The number of fused-ring (bicyclic) bond motifs is 2. The molecular formula is C19H16O3. The highest BCUT2D eigenvalue weighted by Gasteiger charge is 2.15. The summed E-state index contributed by atoms with van der Waals surface area (Å²) in [4.78, 5) is 12.5. The third-order valence-corrected chi connectivity index (χ3v) is 3.53. The second kappa shape index (κ2) is 6.31. The molecule has 3 nitrogen and oxygen atoms in total. The SMILES string of the molecule is C=COCCOC(=O)c1c2ccccc2cc2ccccc12. The fraction of sp³-hybridized carbons (Fsp3) is 0.105. The molecule has 0 N–H and O–H groups in total. The third kappa shape index (κ3) is 2.66. The number of hydrogen-bond acceptors (Lipinski definition) is 3. The van der Waals surface area contributed by atoms with Gasteiger partial charge in [-0.3, -0.25) is 0 Å². The van der Waals surface area contributed by atoms with Gasteiger partial charge in [-0.1, -0.05) is 55.1 Å². The van der Waals surface area contributed by atoms with Gasteiger partial charge in [-0.15, -0.1) is 0 Å². The minimum atomic E-state index is -0.333. The van der Waals surface area contributed by atoms with Crippen LogP contribution < -0.4 is 0 Å². The van der Waals surface area contributed by atoms with Crippen LogP contribution in [0.3, 0.4) is 0 Å². The van der Waals surface area contributed by atoms with Crippen LogP contribution in [-0.4, -0.2) is 19.2 Å². The van der Waals surface area contributed by atoms with E-state index in [9.17, 15) is 4.79 Å². The Labute approximate surface area is 128 Å². The van der Waals surface area contributed by atoms with E-state index in [-0.39, 0.29) is 12.6 Å². The van der Waals surface area contributed by atoms with Gasteiger partial charge in [-0.2, -0.15) is 0 Å². The minimum Gasteiger partial charge on any atom is -0.498 e. The minimum absolute atomic E-state index is 0.197. The van der Waals surface area contributed by atoms with Crippen molar-refractivity contribution in [2.45, 2.75) is 0 Å². The van der Waals surface area contributed by atoms with E-state index in [1.807, 2.05) is 48.5 Å². The first-order chi connectivity index (χ1) is 10.8. The predicted octanol–water partition coefficient (Wildman–Crippen LogP) is 4.31. The smallest absolute Gasteiger partial charge is 0.339 e. The molecule has 3 rings (SSSR count). The quantitative estimate of drug-likeness (QED) is 0.304. The molecule has 0 heterocycles. The predicted molar refractivity (Wildman–Crippen MR) is 87.9 cm³/mol. The van der Waals surface area contributed by atoms with Gasteiger partial charge in [0.15, 0.2) is 0 Å². The summed E-state index contributed by atoms with van der Waals surface area (Å²) >= 11 is 0. The standard InChI is InChI=1S/C19H16O3/c1-2-21-11-12-22-19(20)18-16-9-5-3-7-14(16)13-15-8-4-6-10-17(15)18/h2-10,13H,1,11-12H2. The number of rotatable bonds is 5. The van der Waals surface area contributed by atoms with Crippen molar-refractivity contribution in [3.8, 4) is 0 Å². The first-order valence-electron chi connectivity index (χ1n) is 7.11. The molecule has 0 aromatic heterocycles. The average Bonchev–Trinajstić information content (AvgIpc) is 2.56. The summed E-state index contributed by atoms with van der Waals surface area (Å²) in [6.45, 7) is 3.95. The van der Waals surface area contributed by atoms with E-state index < -0.39 is 0 Å². The lowest BCUT2D eigenvalue weighted by Gasteiger charge is -2.11. The van der Waals surface area contributed by atoms with Crippen LogP contribution in [0.2, 0.25) is 0 Å². The van der Waals surface area contributed by atoms with Crippen LogP contribution in [0, 0.1) is 0 Å². The number of hydrogen-bond donors (Lipinski definition) is 0. The molecule has 0 bridgehead atoms. The lowest BCUT2D eigenvalue weighted by Crippen LogP contribution is -2.10. The molecule has 0 spiro atoms. The number of carbonyl (C=O) groups excluding carboxylic acids is 1. The Morgan fingerprint density at radius 2 is 1.55 bits per heavy atom. The van der Waals surface area contributed by atoms with Crippen LogP contribution >= 0.6 is 0 Å². The number of carbonyl (C=O) groups is 1. The fourth-order valence-electron chi connectivity index (χ4n) is 2.57. The zero-order chi connectivity index (χ0) is 15.4. The van der Waals surface area contributed by atoms with Crippen molar-refractivity contribution >= 4 is 27.5 Å². The summed E-state index contributed by atoms with van der Waals surface area (Å²) in [5, 5.41) is 3.85. The Bertz CT molecular complexity index is 782. The molecule has 0 fully saturated rings. The normalized spacial score (nSPS) is 10.5. The van der Waals surface area contributed by atoms with Gasteiger partial charge < -0.3 is 9.47 Å². The highest BCUT2D eigenvalue weighted by molar-refractivity contribution is 6.16. The molecule has 0 unspecified atom stereocenters. The van der Waals surface area contributed by atoms with Gasteiger partial charge in [0.25, 0.3) is 0 Å². The second-order valence-electron chi connectivity index (χ2n) is 4.87. The van der Waals surface area contributed by atoms with E-state index in [0.717, 1.165) is 21.5 Å². The van der Waals surface area contributed by atoms with E-state index in [0.29, 0.717) is 12.2 Å². The zero-order valence-corrected chi connectivity index (χ0v) is 12.1. The highest BCUT2D eigenvalue weighted by Crippen LogP contribution is 2.28. The van der Waals surface area contributed by atoms with Crippen molar-refractivity contribution in [3.05, 3.63) is 73.0 Å². The summed E-state index contributed by atoms with van der Waals surface area (Å²) in [6, 6.07) is 17.7. The van der Waals surface area contributed by atoms with Gasteiger partial charge in [-0.25, -0.2) is 4.79 Å². The van der Waals surface area contributed by atoms with Crippen LogP contribution in [0.1, 0.15) is 10.4 Å². The molecule has 0 saturated heterocycles. The molecule has 22 heavy (non-hydrogen) atoms. The fourth-order valence-corrected chi connectivity index (χ4v) is 2.57. The van der Waals surface area contributed by atoms with E-state index in [4.69, 9.17) is 9.47 Å². The molecule has 110 valence electrons. The van der Waals surface area contributed by atoms with Crippen molar-refractivity contribution in [1.82, 2.24) is 0 Å². The van der Waals surface area contributed by atoms with Crippen molar-refractivity contribution in [3.63, 3.8) is 0 Å². The lowest BCUT2D eigenvalue weighted by atomic mass is 9.97. The van der Waals surface area contributed by atoms with Crippen molar-refractivity contribution in [2.24, 2.45) is 0 Å². The van der Waals surface area contributed by atoms with E-state index >= 15 is 0 Å². The van der Waals surface area contributed by atoms with Crippen LogP contribution in [0.4, 0.5) is 0 Å². The summed E-state index contributed by atoms with van der Waals surface area (Å²) in [7, 11) is 0. The Hall–Kier alpha value is -2.81. The maximum Gasteiger partial charge on any atom is 0.339 e. The molecule has 0 amide bonds. The van der Waals surface area contributed by atoms with Crippen LogP contribution in [0.15, 0.2) is 67.4 Å². The van der Waals surface area contributed by atoms with E-state index in [1.54, 1.807) is 0 Å². The molecule has 0 aliphatic carbocycles. The maximum atomic E-state index is 12.5. The molecule has 0 radical (unpaired) electrons. The number of benzene rings is 3. The van der Waals surface area contributed by atoms with Gasteiger partial charge in [0.05, 0.1) is 11.8 Å². The lowest BCUT2D eigenvalue weighted by molar-refractivity contribution is 0.0425. The molecular weight excluding hydrogens is 276 g/mol. The topological polar surface area (TPSA) is 35.5 Å². The van der Waals surface area contributed by atoms with Gasteiger partial charge in [0, 0.05) is 0 Å². The number of ether oxygens (including phenoxy) is 2. The largest absolute Gasteiger partial charge is 0.498 e. The molecule has 3 heteroatoms. The first-order valence-corrected chi connectivity index (χ1v) is 7.11. The Morgan fingerprint density at radius 3 is 2.14 bits per heavy atom. The van der Waals surface area contributed by atoms with E-state index in [1.165, 1.54) is 6.26 Å². The monoisotopic (exact) mass is 292 g/mol. The van der Waals surface area contributed by atoms with Crippen molar-refractivity contribution in [1.29, 1.82) is 0 Å². The summed E-state index contributed by atoms with van der Waals surface area (Å²) in [5.74, 6) is -0.333. The van der Waals surface area contributed by atoms with Gasteiger partial charge >= 0.3 is 5.97 Å². The van der Waals surface area contributed by atoms with Gasteiger partial charge in [-0.05, 0) is 27.6 Å². The Morgan fingerprint density at radius 1 is 0.955 bits per heavy atom. The van der Waals surface area contributed by atoms with Crippen molar-refractivity contribution < 1.29 is 14.3 Å². The molecule has 0 atom stereocenters. The van der Waals surface area contributed by atoms with Gasteiger partial charge in [0.1, 0.15) is 13.2 Å². The van der Waals surface area contributed by atoms with Crippen LogP contribution in [0.5, 0.6) is 0 Å². The molecule has 0 aliphatic rings. The van der Waals surface area contributed by atoms with Crippen LogP contribution in [0.25, 0.3) is 21.5 Å². The van der Waals surface area contributed by atoms with Crippen LogP contribution in [-0.2, 0) is 9.47 Å². The maximum absolute atomic E-state index is 12.5. The second-order valence-corrected chi connectivity index (χ2v) is 4.87. The first kappa shape index (κ1) is 14.1. The van der Waals surface area contributed by atoms with E-state index in [2.05, 4.69) is 12.6 Å². The number of esters is 1. The molecule has 3 aromatic carbocycles. The zero-order valence-electron chi connectivity index (χ0n) is 12.1. The summed E-state index contributed by atoms with van der Waals surface area (Å²) in [5.41, 5.74) is 0.604. The average molecular weight is 292 g/mol. The third-order valence-electron chi connectivity index (χ3n) is 3.53. The van der Waals surface area contributed by atoms with Gasteiger partial charge in [0.2, 0.25) is 0 Å². The summed E-state index contributed by atoms with van der Waals surface area (Å²) in [6.07, 6.45) is 1.33.